The first-order valence-corrected chi connectivity index (χ1v) is 8.17. The fourth-order valence-corrected chi connectivity index (χ4v) is 4.16. The second-order valence-electron chi connectivity index (χ2n) is 6.32. The smallest absolute Gasteiger partial charge is 0.304 e. The van der Waals surface area contributed by atoms with E-state index in [1.165, 1.54) is 4.90 Å². The quantitative estimate of drug-likeness (QED) is 0.858. The molecule has 1 aliphatic heterocycles. The Morgan fingerprint density at radius 1 is 1.26 bits per heavy atom. The van der Waals surface area contributed by atoms with Crippen molar-refractivity contribution in [2.45, 2.75) is 50.0 Å². The van der Waals surface area contributed by atoms with Crippen LogP contribution in [0.3, 0.4) is 0 Å². The van der Waals surface area contributed by atoms with E-state index in [2.05, 4.69) is 0 Å². The number of carboxylic acid groups (broad SMARTS) is 1. The molecule has 2 amide bonds. The van der Waals surface area contributed by atoms with Gasteiger partial charge >= 0.3 is 5.97 Å². The van der Waals surface area contributed by atoms with Crippen molar-refractivity contribution in [2.24, 2.45) is 0 Å². The summed E-state index contributed by atoms with van der Waals surface area (Å²) in [5.41, 5.74) is -0.952. The number of nitrogens with zero attached hydrogens (tertiary/aromatic N) is 1. The fourth-order valence-electron chi connectivity index (χ4n) is 3.85. The highest BCUT2D eigenvalue weighted by molar-refractivity contribution is 6.32. The third kappa shape index (κ3) is 2.63. The van der Waals surface area contributed by atoms with Crippen molar-refractivity contribution < 1.29 is 19.5 Å². The molecule has 0 bridgehead atoms. The zero-order chi connectivity index (χ0) is 16.6. The molecule has 0 radical (unpaired) electrons. The zero-order valence-electron chi connectivity index (χ0n) is 12.6. The lowest BCUT2D eigenvalue weighted by atomic mass is 9.76. The molecular weight excluding hydrogens is 318 g/mol. The maximum absolute atomic E-state index is 13.1. The van der Waals surface area contributed by atoms with Crippen LogP contribution in [-0.4, -0.2) is 33.8 Å². The first kappa shape index (κ1) is 16.0. The van der Waals surface area contributed by atoms with Gasteiger partial charge in [0.1, 0.15) is 0 Å². The summed E-state index contributed by atoms with van der Waals surface area (Å²) in [6.07, 6.45) is 3.01. The summed E-state index contributed by atoms with van der Waals surface area (Å²) in [5, 5.41) is 9.64. The molecule has 122 valence electrons. The Balaban J connectivity index is 2.07. The molecule has 2 fully saturated rings. The van der Waals surface area contributed by atoms with Crippen molar-refractivity contribution in [3.8, 4) is 0 Å². The molecule has 23 heavy (non-hydrogen) atoms. The second kappa shape index (κ2) is 5.96. The molecule has 1 saturated carbocycles. The summed E-state index contributed by atoms with van der Waals surface area (Å²) in [6.45, 7) is 0. The Morgan fingerprint density at radius 3 is 2.52 bits per heavy atom. The number of hydrogen-bond donors (Lipinski definition) is 1. The van der Waals surface area contributed by atoms with Crippen molar-refractivity contribution in [3.05, 3.63) is 34.9 Å². The minimum atomic E-state index is -1.39. The predicted molar refractivity (Wildman–Crippen MR) is 84.1 cm³/mol. The molecule has 1 heterocycles. The van der Waals surface area contributed by atoms with E-state index in [1.54, 1.807) is 24.3 Å². The Hall–Kier alpha value is -1.88. The van der Waals surface area contributed by atoms with E-state index in [0.29, 0.717) is 10.6 Å². The molecule has 3 rings (SSSR count). The molecule has 6 heteroatoms. The predicted octanol–water partition coefficient (Wildman–Crippen LogP) is 2.75. The Morgan fingerprint density at radius 2 is 1.91 bits per heavy atom. The number of amides is 2. The third-order valence-corrected chi connectivity index (χ3v) is 5.21. The average molecular weight is 336 g/mol. The van der Waals surface area contributed by atoms with Gasteiger partial charge in [0.2, 0.25) is 11.8 Å². The topological polar surface area (TPSA) is 74.7 Å². The molecule has 5 nitrogen and oxygen atoms in total. The number of carbonyl (C=O) groups excluding carboxylic acids is 2. The van der Waals surface area contributed by atoms with Crippen molar-refractivity contribution >= 4 is 29.4 Å². The zero-order valence-corrected chi connectivity index (χ0v) is 13.4. The largest absolute Gasteiger partial charge is 0.481 e. The number of carbonyl (C=O) groups is 3. The number of likely N-dealkylation sites (tertiary alicyclic amines) is 1. The van der Waals surface area contributed by atoms with Crippen molar-refractivity contribution in [2.75, 3.05) is 0 Å². The van der Waals surface area contributed by atoms with Gasteiger partial charge in [0.05, 0.1) is 11.8 Å². The first-order chi connectivity index (χ1) is 11.0. The number of halogens is 1. The monoisotopic (exact) mass is 335 g/mol. The molecule has 0 spiro atoms. The van der Waals surface area contributed by atoms with Crippen LogP contribution in [0.5, 0.6) is 0 Å². The van der Waals surface area contributed by atoms with Crippen LogP contribution in [0.2, 0.25) is 5.02 Å². The SMILES string of the molecule is O=C(O)C[C@@]1(c2ccccc2Cl)CC(=O)N(C2CCCC2)C1=O. The standard InChI is InChI=1S/C17H18ClNO4/c18-13-8-4-3-7-12(13)17(10-15(21)22)9-14(20)19(16(17)23)11-5-1-2-6-11/h3-4,7-8,11H,1-2,5-6,9-10H2,(H,21,22)/t17-/m1/s1. The number of imide groups is 1. The summed E-state index contributed by atoms with van der Waals surface area (Å²) < 4.78 is 0. The fraction of sp³-hybridized carbons (Fsp3) is 0.471. The number of hydrogen-bond acceptors (Lipinski definition) is 3. The van der Waals surface area contributed by atoms with Crippen molar-refractivity contribution in [3.63, 3.8) is 0 Å². The second-order valence-corrected chi connectivity index (χ2v) is 6.72. The summed E-state index contributed by atoms with van der Waals surface area (Å²) in [6, 6.07) is 6.59. The van der Waals surface area contributed by atoms with Gasteiger partial charge in [0.25, 0.3) is 0 Å². The Kier molecular flexibility index (Phi) is 4.15. The van der Waals surface area contributed by atoms with Gasteiger partial charge in [-0.15, -0.1) is 0 Å². The number of rotatable bonds is 4. The normalized spacial score (nSPS) is 25.3. The minimum absolute atomic E-state index is 0.104. The van der Waals surface area contributed by atoms with Gasteiger partial charge in [-0.1, -0.05) is 42.6 Å². The van der Waals surface area contributed by atoms with Crippen LogP contribution >= 0.6 is 11.6 Å². The van der Waals surface area contributed by atoms with Gasteiger partial charge < -0.3 is 5.11 Å². The van der Waals surface area contributed by atoms with Gasteiger partial charge in [-0.05, 0) is 24.5 Å². The molecule has 0 aromatic heterocycles. The number of aliphatic carboxylic acids is 1. The van der Waals surface area contributed by atoms with E-state index >= 15 is 0 Å². The molecule has 1 saturated heterocycles. The van der Waals surface area contributed by atoms with E-state index in [-0.39, 0.29) is 18.4 Å². The number of benzene rings is 1. The first-order valence-electron chi connectivity index (χ1n) is 7.79. The molecule has 1 atom stereocenters. The summed E-state index contributed by atoms with van der Waals surface area (Å²) in [5.74, 6) is -1.81. The van der Waals surface area contributed by atoms with Crippen LogP contribution in [0.1, 0.15) is 44.1 Å². The maximum Gasteiger partial charge on any atom is 0.304 e. The molecule has 1 aromatic carbocycles. The van der Waals surface area contributed by atoms with Gasteiger partial charge in [-0.3, -0.25) is 19.3 Å². The van der Waals surface area contributed by atoms with Crippen LogP contribution in [0.15, 0.2) is 24.3 Å². The molecule has 1 aromatic rings. The highest BCUT2D eigenvalue weighted by atomic mass is 35.5. The van der Waals surface area contributed by atoms with Gasteiger partial charge in [0, 0.05) is 17.5 Å². The molecule has 0 unspecified atom stereocenters. The summed E-state index contributed by atoms with van der Waals surface area (Å²) in [4.78, 5) is 38.3. The minimum Gasteiger partial charge on any atom is -0.481 e. The van der Waals surface area contributed by atoms with E-state index in [0.717, 1.165) is 25.7 Å². The summed E-state index contributed by atoms with van der Waals surface area (Å²) >= 11 is 6.22. The Labute approximate surface area is 139 Å². The maximum atomic E-state index is 13.1. The number of carboxylic acids is 1. The van der Waals surface area contributed by atoms with Crippen LogP contribution < -0.4 is 0 Å². The highest BCUT2D eigenvalue weighted by Gasteiger charge is 2.56. The van der Waals surface area contributed by atoms with Crippen molar-refractivity contribution in [1.82, 2.24) is 4.90 Å². The lowest BCUT2D eigenvalue weighted by molar-refractivity contribution is -0.146. The van der Waals surface area contributed by atoms with Crippen molar-refractivity contribution in [1.29, 1.82) is 0 Å². The third-order valence-electron chi connectivity index (χ3n) is 4.88. The molecule has 1 aliphatic carbocycles. The average Bonchev–Trinajstić information content (AvgIpc) is 3.07. The molecule has 2 aliphatic rings. The highest BCUT2D eigenvalue weighted by Crippen LogP contribution is 2.44. The van der Waals surface area contributed by atoms with Crippen LogP contribution in [-0.2, 0) is 19.8 Å². The lowest BCUT2D eigenvalue weighted by Crippen LogP contribution is -2.44. The molecule has 1 N–H and O–H groups in total. The van der Waals surface area contributed by atoms with Gasteiger partial charge in [0.15, 0.2) is 0 Å². The van der Waals surface area contributed by atoms with Gasteiger partial charge in [-0.25, -0.2) is 0 Å². The molecular formula is C17H18ClNO4. The Bertz CT molecular complexity index is 668. The van der Waals surface area contributed by atoms with Crippen LogP contribution in [0.25, 0.3) is 0 Å². The van der Waals surface area contributed by atoms with Crippen LogP contribution in [0, 0.1) is 0 Å². The summed E-state index contributed by atoms with van der Waals surface area (Å²) in [7, 11) is 0. The van der Waals surface area contributed by atoms with Crippen LogP contribution in [0.4, 0.5) is 0 Å². The lowest BCUT2D eigenvalue weighted by Gasteiger charge is -2.28. The van der Waals surface area contributed by atoms with E-state index in [9.17, 15) is 19.5 Å². The van der Waals surface area contributed by atoms with E-state index in [1.807, 2.05) is 0 Å². The van der Waals surface area contributed by atoms with E-state index in [4.69, 9.17) is 11.6 Å². The van der Waals surface area contributed by atoms with Gasteiger partial charge in [-0.2, -0.15) is 0 Å². The van der Waals surface area contributed by atoms with E-state index < -0.39 is 23.7 Å².